The summed E-state index contributed by atoms with van der Waals surface area (Å²) >= 11 is 0. The van der Waals surface area contributed by atoms with E-state index >= 15 is 0 Å². The lowest BCUT2D eigenvalue weighted by atomic mass is 9.69. The van der Waals surface area contributed by atoms with E-state index in [0.29, 0.717) is 18.2 Å². The molecule has 0 aromatic heterocycles. The van der Waals surface area contributed by atoms with Crippen molar-refractivity contribution >= 4 is 5.78 Å². The zero-order chi connectivity index (χ0) is 8.98. The maximum absolute atomic E-state index is 11.7. The first-order valence-electron chi connectivity index (χ1n) is 4.78. The molecule has 2 aliphatic rings. The normalized spacial score (nSPS) is 51.9. The van der Waals surface area contributed by atoms with Crippen LogP contribution in [0.15, 0.2) is 0 Å². The van der Waals surface area contributed by atoms with E-state index in [9.17, 15) is 4.79 Å². The number of ketones is 1. The van der Waals surface area contributed by atoms with E-state index in [1.54, 1.807) is 0 Å². The second-order valence-corrected chi connectivity index (χ2v) is 4.82. The molecule has 0 aromatic rings. The summed E-state index contributed by atoms with van der Waals surface area (Å²) in [4.78, 5) is 11.7. The number of hydrogen-bond acceptors (Lipinski definition) is 2. The fourth-order valence-corrected chi connectivity index (χ4v) is 3.14. The van der Waals surface area contributed by atoms with Crippen LogP contribution in [0.2, 0.25) is 0 Å². The predicted molar refractivity (Wildman–Crippen MR) is 47.6 cm³/mol. The maximum Gasteiger partial charge on any atom is 0.139 e. The molecule has 0 radical (unpaired) electrons. The Morgan fingerprint density at radius 2 is 2.25 bits per heavy atom. The minimum absolute atomic E-state index is 0.0909. The monoisotopic (exact) mass is 167 g/mol. The van der Waals surface area contributed by atoms with Gasteiger partial charge in [0.15, 0.2) is 0 Å². The molecule has 0 aromatic carbocycles. The average molecular weight is 167 g/mol. The lowest BCUT2D eigenvalue weighted by molar-refractivity contribution is -0.128. The van der Waals surface area contributed by atoms with Gasteiger partial charge in [0.05, 0.1) is 0 Å². The van der Waals surface area contributed by atoms with Gasteiger partial charge < -0.3 is 5.73 Å². The number of nitrogens with two attached hydrogens (primary N) is 1. The molecule has 2 fully saturated rings. The van der Waals surface area contributed by atoms with Gasteiger partial charge in [0, 0.05) is 11.8 Å². The molecule has 2 nitrogen and oxygen atoms in total. The van der Waals surface area contributed by atoms with Crippen molar-refractivity contribution in [3.8, 4) is 0 Å². The van der Waals surface area contributed by atoms with Crippen LogP contribution in [0.25, 0.3) is 0 Å². The van der Waals surface area contributed by atoms with Crippen molar-refractivity contribution in [1.82, 2.24) is 0 Å². The molecule has 0 aliphatic heterocycles. The van der Waals surface area contributed by atoms with Gasteiger partial charge in [-0.05, 0) is 30.7 Å². The SMILES string of the molecule is CC1(CN)[C@H]2CC[C@]1(C)C(=O)C2. The second-order valence-electron chi connectivity index (χ2n) is 4.82. The Morgan fingerprint density at radius 3 is 2.50 bits per heavy atom. The van der Waals surface area contributed by atoms with Crippen LogP contribution >= 0.6 is 0 Å². The largest absolute Gasteiger partial charge is 0.330 e. The molecule has 0 saturated heterocycles. The molecule has 2 heteroatoms. The minimum atomic E-state index is -0.0909. The molecule has 2 bridgehead atoms. The Morgan fingerprint density at radius 1 is 1.58 bits per heavy atom. The molecule has 0 heterocycles. The van der Waals surface area contributed by atoms with Crippen molar-refractivity contribution < 1.29 is 4.79 Å². The third-order valence-corrected chi connectivity index (χ3v) is 4.63. The summed E-state index contributed by atoms with van der Waals surface area (Å²) in [6.07, 6.45) is 3.05. The third-order valence-electron chi connectivity index (χ3n) is 4.63. The first-order valence-corrected chi connectivity index (χ1v) is 4.78. The van der Waals surface area contributed by atoms with Crippen LogP contribution in [-0.2, 0) is 4.79 Å². The van der Waals surface area contributed by atoms with Crippen molar-refractivity contribution in [3.05, 3.63) is 0 Å². The molecule has 3 atom stereocenters. The molecule has 0 spiro atoms. The lowest BCUT2D eigenvalue weighted by Crippen LogP contribution is -2.40. The highest BCUT2D eigenvalue weighted by Crippen LogP contribution is 2.63. The summed E-state index contributed by atoms with van der Waals surface area (Å²) in [5, 5.41) is 0. The average Bonchev–Trinajstić information content (AvgIpc) is 2.39. The van der Waals surface area contributed by atoms with E-state index < -0.39 is 0 Å². The Hall–Kier alpha value is -0.370. The number of carbonyl (C=O) groups is 1. The zero-order valence-corrected chi connectivity index (χ0v) is 7.89. The summed E-state index contributed by atoms with van der Waals surface area (Å²) in [7, 11) is 0. The Balaban J connectivity index is 2.44. The van der Waals surface area contributed by atoms with E-state index in [4.69, 9.17) is 5.73 Å². The highest BCUT2D eigenvalue weighted by Gasteiger charge is 2.62. The summed E-state index contributed by atoms with van der Waals surface area (Å²) in [6.45, 7) is 4.96. The number of hydrogen-bond donors (Lipinski definition) is 1. The topological polar surface area (TPSA) is 43.1 Å². The Bertz CT molecular complexity index is 238. The number of Topliss-reactive ketones (excluding diaryl/α,β-unsaturated/α-hetero) is 1. The fourth-order valence-electron chi connectivity index (χ4n) is 3.14. The summed E-state index contributed by atoms with van der Waals surface area (Å²) in [5.74, 6) is 1.02. The molecule has 68 valence electrons. The molecule has 1 unspecified atom stereocenters. The van der Waals surface area contributed by atoms with E-state index in [2.05, 4.69) is 13.8 Å². The fraction of sp³-hybridized carbons (Fsp3) is 0.900. The van der Waals surface area contributed by atoms with E-state index in [1.165, 1.54) is 6.42 Å². The first-order chi connectivity index (χ1) is 5.54. The van der Waals surface area contributed by atoms with Gasteiger partial charge in [-0.25, -0.2) is 0 Å². The minimum Gasteiger partial charge on any atom is -0.330 e. The van der Waals surface area contributed by atoms with Crippen LogP contribution in [0.4, 0.5) is 0 Å². The summed E-state index contributed by atoms with van der Waals surface area (Å²) < 4.78 is 0. The maximum atomic E-state index is 11.7. The highest BCUT2D eigenvalue weighted by atomic mass is 16.1. The third kappa shape index (κ3) is 0.634. The van der Waals surface area contributed by atoms with Crippen LogP contribution in [0.3, 0.4) is 0 Å². The smallest absolute Gasteiger partial charge is 0.139 e. The van der Waals surface area contributed by atoms with Gasteiger partial charge in [0.2, 0.25) is 0 Å². The van der Waals surface area contributed by atoms with E-state index in [-0.39, 0.29) is 10.8 Å². The molecular weight excluding hydrogens is 150 g/mol. The highest BCUT2D eigenvalue weighted by molar-refractivity contribution is 5.89. The van der Waals surface area contributed by atoms with Gasteiger partial charge in [0.1, 0.15) is 5.78 Å². The number of rotatable bonds is 1. The quantitative estimate of drug-likeness (QED) is 0.640. The Labute approximate surface area is 73.5 Å². The van der Waals surface area contributed by atoms with Crippen molar-refractivity contribution in [1.29, 1.82) is 0 Å². The van der Waals surface area contributed by atoms with Crippen LogP contribution in [0.1, 0.15) is 33.1 Å². The number of carbonyl (C=O) groups excluding carboxylic acids is 1. The standard InChI is InChI=1S/C10H17NO/c1-9-4-3-7(5-8(9)12)10(9,2)6-11/h7H,3-6,11H2,1-2H3/t7-,9+,10?/m0/s1. The van der Waals surface area contributed by atoms with Crippen molar-refractivity contribution in [2.24, 2.45) is 22.5 Å². The van der Waals surface area contributed by atoms with Gasteiger partial charge in [-0.15, -0.1) is 0 Å². The van der Waals surface area contributed by atoms with Gasteiger partial charge >= 0.3 is 0 Å². The molecular formula is C10H17NO. The van der Waals surface area contributed by atoms with E-state index in [1.807, 2.05) is 0 Å². The van der Waals surface area contributed by atoms with Crippen LogP contribution in [-0.4, -0.2) is 12.3 Å². The molecule has 0 amide bonds. The predicted octanol–water partition coefficient (Wildman–Crippen LogP) is 1.34. The summed E-state index contributed by atoms with van der Waals surface area (Å²) in [6, 6.07) is 0. The molecule has 2 aliphatic carbocycles. The van der Waals surface area contributed by atoms with Gasteiger partial charge in [-0.1, -0.05) is 13.8 Å². The zero-order valence-electron chi connectivity index (χ0n) is 7.89. The number of fused-ring (bicyclic) bond motifs is 2. The van der Waals surface area contributed by atoms with Gasteiger partial charge in [0.25, 0.3) is 0 Å². The van der Waals surface area contributed by atoms with E-state index in [0.717, 1.165) is 12.8 Å². The second kappa shape index (κ2) is 2.11. The van der Waals surface area contributed by atoms with Crippen molar-refractivity contribution in [2.45, 2.75) is 33.1 Å². The van der Waals surface area contributed by atoms with Crippen LogP contribution in [0.5, 0.6) is 0 Å². The Kier molecular flexibility index (Phi) is 1.45. The lowest BCUT2D eigenvalue weighted by Gasteiger charge is -2.35. The molecule has 2 saturated carbocycles. The first kappa shape index (κ1) is 8.24. The molecule has 2 rings (SSSR count). The molecule has 12 heavy (non-hydrogen) atoms. The van der Waals surface area contributed by atoms with Crippen molar-refractivity contribution in [3.63, 3.8) is 0 Å². The van der Waals surface area contributed by atoms with Gasteiger partial charge in [-0.2, -0.15) is 0 Å². The van der Waals surface area contributed by atoms with Crippen LogP contribution in [0, 0.1) is 16.7 Å². The van der Waals surface area contributed by atoms with Crippen LogP contribution < -0.4 is 5.73 Å². The van der Waals surface area contributed by atoms with Crippen molar-refractivity contribution in [2.75, 3.05) is 6.54 Å². The van der Waals surface area contributed by atoms with Gasteiger partial charge in [-0.3, -0.25) is 4.79 Å². The molecule has 2 N–H and O–H groups in total. The summed E-state index contributed by atoms with van der Waals surface area (Å²) in [5.41, 5.74) is 5.79.